The minimum absolute atomic E-state index is 0.337. The van der Waals surface area contributed by atoms with Gasteiger partial charge in [0.1, 0.15) is 5.60 Å². The smallest absolute Gasteiger partial charge is 0.407 e. The van der Waals surface area contributed by atoms with Crippen LogP contribution in [-0.2, 0) is 9.47 Å². The lowest BCUT2D eigenvalue weighted by molar-refractivity contribution is 0.0509. The van der Waals surface area contributed by atoms with Crippen molar-refractivity contribution in [3.8, 4) is 0 Å². The number of nitrogens with zero attached hydrogens (tertiary/aromatic N) is 2. The van der Waals surface area contributed by atoms with E-state index in [2.05, 4.69) is 34.3 Å². The van der Waals surface area contributed by atoms with Crippen LogP contribution in [0, 0.1) is 5.92 Å². The summed E-state index contributed by atoms with van der Waals surface area (Å²) in [6, 6.07) is 0. The number of carbonyl (C=O) groups is 1. The predicted octanol–water partition coefficient (Wildman–Crippen LogP) is 1.39. The van der Waals surface area contributed by atoms with E-state index in [1.54, 1.807) is 0 Å². The van der Waals surface area contributed by atoms with Crippen LogP contribution < -0.4 is 10.6 Å². The molecule has 0 aromatic carbocycles. The van der Waals surface area contributed by atoms with Crippen LogP contribution in [0.3, 0.4) is 0 Å². The fourth-order valence-electron chi connectivity index (χ4n) is 2.70. The molecule has 26 heavy (non-hydrogen) atoms. The molecule has 1 heterocycles. The van der Waals surface area contributed by atoms with Crippen LogP contribution >= 0.6 is 0 Å². The van der Waals surface area contributed by atoms with Gasteiger partial charge in [0.05, 0.1) is 13.2 Å². The van der Waals surface area contributed by atoms with E-state index >= 15 is 0 Å². The third kappa shape index (κ3) is 12.5. The number of rotatable bonds is 11. The van der Waals surface area contributed by atoms with Crippen LogP contribution in [0.15, 0.2) is 0 Å². The zero-order chi connectivity index (χ0) is 19.4. The summed E-state index contributed by atoms with van der Waals surface area (Å²) in [6.07, 6.45) is -0.337. The van der Waals surface area contributed by atoms with E-state index in [-0.39, 0.29) is 6.09 Å². The number of piperazine rings is 1. The van der Waals surface area contributed by atoms with Gasteiger partial charge in [-0.05, 0) is 33.2 Å². The van der Waals surface area contributed by atoms with Gasteiger partial charge < -0.3 is 20.1 Å². The molecular formula is C19H40N4O3. The number of carbonyl (C=O) groups excluding carboxylic acids is 1. The van der Waals surface area contributed by atoms with Crippen LogP contribution in [0.4, 0.5) is 4.79 Å². The van der Waals surface area contributed by atoms with E-state index < -0.39 is 5.60 Å². The summed E-state index contributed by atoms with van der Waals surface area (Å²) in [7, 11) is 0. The standard InChI is InChI=1S/C19H40N4O3/c1-17(2)16-20-7-14-25-15-13-23-11-9-22(10-12-23)8-6-21-18(24)26-19(3,4)5/h17,20H,6-16H2,1-5H3,(H,21,24). The molecule has 0 radical (unpaired) electrons. The van der Waals surface area contributed by atoms with Crippen LogP contribution in [0.1, 0.15) is 34.6 Å². The maximum Gasteiger partial charge on any atom is 0.407 e. The van der Waals surface area contributed by atoms with Crippen molar-refractivity contribution in [2.45, 2.75) is 40.2 Å². The summed E-state index contributed by atoms with van der Waals surface area (Å²) in [5.41, 5.74) is -0.442. The van der Waals surface area contributed by atoms with Gasteiger partial charge in [-0.25, -0.2) is 4.79 Å². The topological polar surface area (TPSA) is 66.1 Å². The van der Waals surface area contributed by atoms with Crippen molar-refractivity contribution < 1.29 is 14.3 Å². The highest BCUT2D eigenvalue weighted by Gasteiger charge is 2.18. The molecule has 1 rings (SSSR count). The number of hydrogen-bond acceptors (Lipinski definition) is 6. The maximum atomic E-state index is 11.6. The van der Waals surface area contributed by atoms with E-state index in [1.807, 2.05) is 20.8 Å². The molecule has 0 aromatic heterocycles. The van der Waals surface area contributed by atoms with E-state index in [1.165, 1.54) is 0 Å². The van der Waals surface area contributed by atoms with Gasteiger partial charge in [0.2, 0.25) is 0 Å². The van der Waals surface area contributed by atoms with Crippen molar-refractivity contribution in [1.82, 2.24) is 20.4 Å². The van der Waals surface area contributed by atoms with Crippen LogP contribution in [0.2, 0.25) is 0 Å². The number of hydrogen-bond donors (Lipinski definition) is 2. The Labute approximate surface area is 159 Å². The molecule has 0 aromatic rings. The highest BCUT2D eigenvalue weighted by atomic mass is 16.6. The van der Waals surface area contributed by atoms with Crippen LogP contribution in [0.25, 0.3) is 0 Å². The number of ether oxygens (including phenoxy) is 2. The summed E-state index contributed by atoms with van der Waals surface area (Å²) in [4.78, 5) is 16.4. The van der Waals surface area contributed by atoms with E-state index in [4.69, 9.17) is 9.47 Å². The van der Waals surface area contributed by atoms with Crippen molar-refractivity contribution in [2.75, 3.05) is 72.1 Å². The Bertz CT molecular complexity index is 377. The van der Waals surface area contributed by atoms with Gasteiger partial charge in [-0.2, -0.15) is 0 Å². The van der Waals surface area contributed by atoms with Gasteiger partial charge in [-0.15, -0.1) is 0 Å². The van der Waals surface area contributed by atoms with Crippen LogP contribution in [-0.4, -0.2) is 93.6 Å². The second kappa shape index (κ2) is 12.5. The minimum Gasteiger partial charge on any atom is -0.444 e. The van der Waals surface area contributed by atoms with Gasteiger partial charge in [0.25, 0.3) is 0 Å². The normalized spacial score (nSPS) is 16.8. The van der Waals surface area contributed by atoms with Crippen molar-refractivity contribution in [3.05, 3.63) is 0 Å². The van der Waals surface area contributed by atoms with Gasteiger partial charge >= 0.3 is 6.09 Å². The quantitative estimate of drug-likeness (QED) is 0.535. The molecule has 0 unspecified atom stereocenters. The first-order valence-corrected chi connectivity index (χ1v) is 9.96. The average Bonchev–Trinajstić information content (AvgIpc) is 2.53. The lowest BCUT2D eigenvalue weighted by Crippen LogP contribution is -2.49. The third-order valence-corrected chi connectivity index (χ3v) is 4.09. The van der Waals surface area contributed by atoms with E-state index in [0.717, 1.165) is 65.6 Å². The predicted molar refractivity (Wildman–Crippen MR) is 106 cm³/mol. The Kier molecular flexibility index (Phi) is 11.1. The zero-order valence-corrected chi connectivity index (χ0v) is 17.5. The summed E-state index contributed by atoms with van der Waals surface area (Å²) in [5.74, 6) is 0.686. The Morgan fingerprint density at radius 3 is 2.19 bits per heavy atom. The SMILES string of the molecule is CC(C)CNCCOCCN1CCN(CCNC(=O)OC(C)(C)C)CC1. The molecule has 154 valence electrons. The Morgan fingerprint density at radius 1 is 1.00 bits per heavy atom. The lowest BCUT2D eigenvalue weighted by Gasteiger charge is -2.34. The highest BCUT2D eigenvalue weighted by molar-refractivity contribution is 5.67. The second-order valence-corrected chi connectivity index (χ2v) is 8.32. The monoisotopic (exact) mass is 372 g/mol. The van der Waals surface area contributed by atoms with Gasteiger partial charge in [0, 0.05) is 52.4 Å². The summed E-state index contributed by atoms with van der Waals surface area (Å²) in [6.45, 7) is 20.3. The maximum absolute atomic E-state index is 11.6. The molecule has 1 aliphatic heterocycles. The molecular weight excluding hydrogens is 332 g/mol. The highest BCUT2D eigenvalue weighted by Crippen LogP contribution is 2.06. The molecule has 1 aliphatic rings. The molecule has 0 aliphatic carbocycles. The molecule has 1 amide bonds. The summed E-state index contributed by atoms with van der Waals surface area (Å²) >= 11 is 0. The van der Waals surface area contributed by atoms with Crippen molar-refractivity contribution in [2.24, 2.45) is 5.92 Å². The van der Waals surface area contributed by atoms with Crippen LogP contribution in [0.5, 0.6) is 0 Å². The molecule has 1 fully saturated rings. The molecule has 0 atom stereocenters. The number of nitrogens with one attached hydrogen (secondary N) is 2. The van der Waals surface area contributed by atoms with E-state index in [9.17, 15) is 4.79 Å². The average molecular weight is 373 g/mol. The fourth-order valence-corrected chi connectivity index (χ4v) is 2.70. The molecule has 7 nitrogen and oxygen atoms in total. The Morgan fingerprint density at radius 2 is 1.62 bits per heavy atom. The Balaban J connectivity index is 1.97. The number of amides is 1. The zero-order valence-electron chi connectivity index (χ0n) is 17.5. The van der Waals surface area contributed by atoms with Gasteiger partial charge in [-0.3, -0.25) is 9.80 Å². The van der Waals surface area contributed by atoms with Crippen molar-refractivity contribution in [1.29, 1.82) is 0 Å². The molecule has 1 saturated heterocycles. The first-order chi connectivity index (χ1) is 12.3. The third-order valence-electron chi connectivity index (χ3n) is 4.09. The first-order valence-electron chi connectivity index (χ1n) is 9.96. The second-order valence-electron chi connectivity index (χ2n) is 8.32. The largest absolute Gasteiger partial charge is 0.444 e. The fraction of sp³-hybridized carbons (Fsp3) is 0.947. The van der Waals surface area contributed by atoms with Crippen molar-refractivity contribution >= 4 is 6.09 Å². The van der Waals surface area contributed by atoms with E-state index in [0.29, 0.717) is 12.5 Å². The summed E-state index contributed by atoms with van der Waals surface area (Å²) in [5, 5.41) is 6.21. The van der Waals surface area contributed by atoms with Gasteiger partial charge in [-0.1, -0.05) is 13.8 Å². The first kappa shape index (κ1) is 23.1. The lowest BCUT2D eigenvalue weighted by atomic mass is 10.2. The van der Waals surface area contributed by atoms with Gasteiger partial charge in [0.15, 0.2) is 0 Å². The molecule has 0 spiro atoms. The molecule has 0 bridgehead atoms. The summed E-state index contributed by atoms with van der Waals surface area (Å²) < 4.78 is 10.9. The van der Waals surface area contributed by atoms with Crippen molar-refractivity contribution in [3.63, 3.8) is 0 Å². The molecule has 2 N–H and O–H groups in total. The number of alkyl carbamates (subject to hydrolysis) is 1. The minimum atomic E-state index is -0.442. The Hall–Kier alpha value is -0.890. The molecule has 7 heteroatoms. The molecule has 0 saturated carbocycles.